The van der Waals surface area contributed by atoms with Crippen LogP contribution >= 0.6 is 0 Å². The Morgan fingerprint density at radius 3 is 2.71 bits per heavy atom. The molecule has 3 rings (SSSR count). The number of nitrogens with zero attached hydrogens (tertiary/aromatic N) is 4. The molecule has 0 aliphatic rings. The van der Waals surface area contributed by atoms with Gasteiger partial charge in [-0.1, -0.05) is 12.1 Å². The Bertz CT molecular complexity index is 1180. The van der Waals surface area contributed by atoms with Gasteiger partial charge in [-0.05, 0) is 24.6 Å². The first-order valence-electron chi connectivity index (χ1n) is 8.39. The normalized spacial score (nSPS) is 10.8. The number of nitro groups is 1. The highest BCUT2D eigenvalue weighted by Gasteiger charge is 2.17. The lowest BCUT2D eigenvalue weighted by Crippen LogP contribution is -2.42. The zero-order chi connectivity index (χ0) is 20.3. The highest BCUT2D eigenvalue weighted by molar-refractivity contribution is 5.74. The van der Waals surface area contributed by atoms with Gasteiger partial charge in [-0.3, -0.25) is 24.3 Å². The van der Waals surface area contributed by atoms with Crippen LogP contribution in [0.4, 0.5) is 5.69 Å². The van der Waals surface area contributed by atoms with Crippen LogP contribution in [-0.2, 0) is 22.6 Å². The van der Waals surface area contributed by atoms with Crippen molar-refractivity contribution in [1.82, 2.24) is 14.1 Å². The maximum Gasteiger partial charge on any atom is 0.333 e. The number of fused-ring (bicyclic) bond motifs is 1. The maximum absolute atomic E-state index is 12.9. The van der Waals surface area contributed by atoms with Gasteiger partial charge in [0.15, 0.2) is 0 Å². The number of esters is 1. The number of carbonyl (C=O) groups is 1. The zero-order valence-corrected chi connectivity index (χ0v) is 14.9. The van der Waals surface area contributed by atoms with Crippen LogP contribution in [0.1, 0.15) is 12.5 Å². The summed E-state index contributed by atoms with van der Waals surface area (Å²) in [7, 11) is 0. The van der Waals surface area contributed by atoms with Crippen LogP contribution < -0.4 is 11.2 Å². The van der Waals surface area contributed by atoms with Gasteiger partial charge in [-0.2, -0.15) is 0 Å². The zero-order valence-electron chi connectivity index (χ0n) is 14.9. The quantitative estimate of drug-likeness (QED) is 0.353. The van der Waals surface area contributed by atoms with Crippen molar-refractivity contribution in [2.45, 2.75) is 20.0 Å². The molecule has 0 atom stereocenters. The van der Waals surface area contributed by atoms with E-state index < -0.39 is 28.7 Å². The summed E-state index contributed by atoms with van der Waals surface area (Å²) in [6.07, 6.45) is 1.43. The van der Waals surface area contributed by atoms with Crippen molar-refractivity contribution in [1.29, 1.82) is 0 Å². The summed E-state index contributed by atoms with van der Waals surface area (Å²) < 4.78 is 6.81. The van der Waals surface area contributed by atoms with E-state index in [4.69, 9.17) is 4.74 Å². The minimum atomic E-state index is -0.754. The lowest BCUT2D eigenvalue weighted by atomic mass is 10.2. The summed E-state index contributed by atoms with van der Waals surface area (Å²) >= 11 is 0. The molecule has 10 nitrogen and oxygen atoms in total. The second kappa shape index (κ2) is 7.82. The van der Waals surface area contributed by atoms with E-state index in [0.717, 1.165) is 4.57 Å². The first kappa shape index (κ1) is 19.0. The van der Waals surface area contributed by atoms with Crippen LogP contribution in [-0.4, -0.2) is 31.6 Å². The lowest BCUT2D eigenvalue weighted by Gasteiger charge is -2.13. The van der Waals surface area contributed by atoms with Gasteiger partial charge in [0.1, 0.15) is 12.2 Å². The average molecular weight is 384 g/mol. The van der Waals surface area contributed by atoms with E-state index in [1.54, 1.807) is 19.1 Å². The number of hydrogen-bond donors (Lipinski definition) is 0. The van der Waals surface area contributed by atoms with Crippen LogP contribution in [0, 0.1) is 10.1 Å². The van der Waals surface area contributed by atoms with E-state index in [1.165, 1.54) is 35.0 Å². The highest BCUT2D eigenvalue weighted by atomic mass is 16.6. The molecule has 1 aromatic carbocycles. The highest BCUT2D eigenvalue weighted by Crippen LogP contribution is 2.15. The lowest BCUT2D eigenvalue weighted by molar-refractivity contribution is -0.384. The van der Waals surface area contributed by atoms with Crippen molar-refractivity contribution in [3.8, 4) is 0 Å². The molecule has 3 aromatic rings. The van der Waals surface area contributed by atoms with Gasteiger partial charge < -0.3 is 4.74 Å². The summed E-state index contributed by atoms with van der Waals surface area (Å²) in [6.45, 7) is 1.14. The molecular weight excluding hydrogens is 368 g/mol. The van der Waals surface area contributed by atoms with Gasteiger partial charge in [0.05, 0.1) is 23.5 Å². The standard InChI is InChI=1S/C18H16N4O6/c1-2-28-15(23)11-21-17(24)14-7-4-8-19-16(14)20(18(21)25)10-12-5-3-6-13(9-12)22(26)27/h3-9H,2,10-11H2,1H3. The van der Waals surface area contributed by atoms with E-state index in [0.29, 0.717) is 5.56 Å². The summed E-state index contributed by atoms with van der Waals surface area (Å²) in [5, 5.41) is 11.1. The summed E-state index contributed by atoms with van der Waals surface area (Å²) in [5.41, 5.74) is -0.927. The van der Waals surface area contributed by atoms with E-state index in [-0.39, 0.29) is 29.9 Å². The molecule has 0 aliphatic heterocycles. The minimum Gasteiger partial charge on any atom is -0.465 e. The van der Waals surface area contributed by atoms with Crippen LogP contribution in [0.5, 0.6) is 0 Å². The van der Waals surface area contributed by atoms with Crippen LogP contribution in [0.15, 0.2) is 52.2 Å². The molecule has 0 aliphatic carbocycles. The second-order valence-electron chi connectivity index (χ2n) is 5.87. The molecule has 2 heterocycles. The van der Waals surface area contributed by atoms with Crippen molar-refractivity contribution < 1.29 is 14.5 Å². The number of non-ortho nitro benzene ring substituents is 1. The topological polar surface area (TPSA) is 126 Å². The fraction of sp³-hybridized carbons (Fsp3) is 0.222. The van der Waals surface area contributed by atoms with Crippen molar-refractivity contribution in [3.63, 3.8) is 0 Å². The van der Waals surface area contributed by atoms with Gasteiger partial charge >= 0.3 is 11.7 Å². The van der Waals surface area contributed by atoms with Gasteiger partial charge in [-0.15, -0.1) is 0 Å². The largest absolute Gasteiger partial charge is 0.465 e. The van der Waals surface area contributed by atoms with Crippen LogP contribution in [0.3, 0.4) is 0 Å². The number of rotatable bonds is 6. The molecule has 10 heteroatoms. The molecule has 0 unspecified atom stereocenters. The third-order valence-corrected chi connectivity index (χ3v) is 4.03. The number of ether oxygens (including phenoxy) is 1. The first-order valence-corrected chi connectivity index (χ1v) is 8.39. The Hall–Kier alpha value is -3.82. The minimum absolute atomic E-state index is 0.0584. The number of benzene rings is 1. The van der Waals surface area contributed by atoms with Gasteiger partial charge in [-0.25, -0.2) is 14.3 Å². The predicted octanol–water partition coefficient (Wildman–Crippen LogP) is 1.08. The molecular formula is C18H16N4O6. The van der Waals surface area contributed by atoms with Crippen molar-refractivity contribution in [2.75, 3.05) is 6.61 Å². The predicted molar refractivity (Wildman–Crippen MR) is 99.1 cm³/mol. The SMILES string of the molecule is CCOC(=O)Cn1c(=O)c2cccnc2n(Cc2cccc([N+](=O)[O-])c2)c1=O. The monoisotopic (exact) mass is 384 g/mol. The fourth-order valence-corrected chi connectivity index (χ4v) is 2.82. The fourth-order valence-electron chi connectivity index (χ4n) is 2.82. The van der Waals surface area contributed by atoms with Gasteiger partial charge in [0.2, 0.25) is 0 Å². The number of aromatic nitrogens is 3. The van der Waals surface area contributed by atoms with E-state index >= 15 is 0 Å². The molecule has 144 valence electrons. The van der Waals surface area contributed by atoms with Gasteiger partial charge in [0.25, 0.3) is 11.2 Å². The third-order valence-electron chi connectivity index (χ3n) is 4.03. The Labute approximate surface area is 157 Å². The number of nitro benzene ring substituents is 1. The van der Waals surface area contributed by atoms with Crippen molar-refractivity contribution >= 4 is 22.7 Å². The molecule has 0 bridgehead atoms. The van der Waals surface area contributed by atoms with Crippen LogP contribution in [0.2, 0.25) is 0 Å². The number of carbonyl (C=O) groups excluding carboxylic acids is 1. The van der Waals surface area contributed by atoms with E-state index in [9.17, 15) is 24.5 Å². The van der Waals surface area contributed by atoms with Crippen molar-refractivity contribution in [2.24, 2.45) is 0 Å². The van der Waals surface area contributed by atoms with Crippen molar-refractivity contribution in [3.05, 3.63) is 79.1 Å². The molecule has 28 heavy (non-hydrogen) atoms. The Morgan fingerprint density at radius 2 is 2.00 bits per heavy atom. The molecule has 0 spiro atoms. The summed E-state index contributed by atoms with van der Waals surface area (Å²) in [4.78, 5) is 52.0. The Balaban J connectivity index is 2.17. The smallest absolute Gasteiger partial charge is 0.333 e. The second-order valence-corrected chi connectivity index (χ2v) is 5.87. The van der Waals surface area contributed by atoms with Gasteiger partial charge in [0, 0.05) is 18.3 Å². The Morgan fingerprint density at radius 1 is 1.21 bits per heavy atom. The third kappa shape index (κ3) is 3.65. The summed E-state index contributed by atoms with van der Waals surface area (Å²) in [6, 6.07) is 8.83. The molecule has 0 radical (unpaired) electrons. The van der Waals surface area contributed by atoms with E-state index in [2.05, 4.69) is 4.98 Å². The molecule has 0 saturated carbocycles. The number of pyridine rings is 1. The molecule has 2 aromatic heterocycles. The van der Waals surface area contributed by atoms with E-state index in [1.807, 2.05) is 0 Å². The average Bonchev–Trinajstić information content (AvgIpc) is 2.69. The molecule has 0 saturated heterocycles. The molecule has 0 amide bonds. The van der Waals surface area contributed by atoms with Crippen LogP contribution in [0.25, 0.3) is 11.0 Å². The maximum atomic E-state index is 12.9. The molecule has 0 fully saturated rings. The molecule has 0 N–H and O–H groups in total. The Kier molecular flexibility index (Phi) is 5.30. The first-order chi connectivity index (χ1) is 13.4. The number of hydrogen-bond acceptors (Lipinski definition) is 7. The summed E-state index contributed by atoms with van der Waals surface area (Å²) in [5.74, 6) is -0.716.